The van der Waals surface area contributed by atoms with E-state index in [9.17, 15) is 0 Å². The quantitative estimate of drug-likeness (QED) is 0.321. The summed E-state index contributed by atoms with van der Waals surface area (Å²) in [5, 5.41) is 7.54. The summed E-state index contributed by atoms with van der Waals surface area (Å²) in [6, 6.07) is 28.1. The van der Waals surface area contributed by atoms with E-state index in [0.717, 1.165) is 5.69 Å². The largest absolute Gasteiger partial charge is 0.256 e. The highest BCUT2D eigenvalue weighted by molar-refractivity contribution is 6.11. The van der Waals surface area contributed by atoms with E-state index >= 15 is 0 Å². The molecule has 5 aromatic rings. The van der Waals surface area contributed by atoms with Crippen LogP contribution in [0.4, 0.5) is 0 Å². The van der Waals surface area contributed by atoms with Gasteiger partial charge < -0.3 is 0 Å². The summed E-state index contributed by atoms with van der Waals surface area (Å²) in [4.78, 5) is 4.75. The average molecular weight is 319 g/mol. The molecule has 118 valence electrons. The van der Waals surface area contributed by atoms with E-state index in [1.807, 2.05) is 6.20 Å². The lowest BCUT2D eigenvalue weighted by molar-refractivity contribution is 1.34. The van der Waals surface area contributed by atoms with E-state index in [1.54, 1.807) is 0 Å². The van der Waals surface area contributed by atoms with Crippen molar-refractivity contribution in [3.05, 3.63) is 90.6 Å². The van der Waals surface area contributed by atoms with Crippen molar-refractivity contribution < 1.29 is 0 Å². The Morgan fingerprint density at radius 3 is 2.16 bits per heavy atom. The van der Waals surface area contributed by atoms with Gasteiger partial charge in [0.25, 0.3) is 0 Å². The van der Waals surface area contributed by atoms with Gasteiger partial charge in [-0.2, -0.15) is 0 Å². The second-order valence-electron chi connectivity index (χ2n) is 6.56. The minimum Gasteiger partial charge on any atom is -0.256 e. The van der Waals surface area contributed by atoms with Gasteiger partial charge in [-0.05, 0) is 51.6 Å². The van der Waals surface area contributed by atoms with Crippen molar-refractivity contribution in [1.29, 1.82) is 0 Å². The molecule has 25 heavy (non-hydrogen) atoms. The maximum atomic E-state index is 4.75. The fraction of sp³-hybridized carbons (Fsp3) is 0.0417. The third kappa shape index (κ3) is 2.20. The van der Waals surface area contributed by atoms with Gasteiger partial charge in [0, 0.05) is 17.1 Å². The Balaban J connectivity index is 1.87. The third-order valence-electron chi connectivity index (χ3n) is 5.02. The van der Waals surface area contributed by atoms with Crippen molar-refractivity contribution in [3.8, 4) is 11.3 Å². The zero-order valence-corrected chi connectivity index (χ0v) is 14.0. The average Bonchev–Trinajstić information content (AvgIpc) is 2.67. The van der Waals surface area contributed by atoms with Crippen LogP contribution in [0.5, 0.6) is 0 Å². The van der Waals surface area contributed by atoms with E-state index in [0.29, 0.717) is 0 Å². The van der Waals surface area contributed by atoms with Crippen LogP contribution >= 0.6 is 0 Å². The van der Waals surface area contributed by atoms with Crippen LogP contribution in [0, 0.1) is 6.92 Å². The summed E-state index contributed by atoms with van der Waals surface area (Å²) >= 11 is 0. The minimum atomic E-state index is 1.06. The monoisotopic (exact) mass is 319 g/mol. The molecule has 0 saturated heterocycles. The molecule has 0 N–H and O–H groups in total. The number of rotatable bonds is 1. The topological polar surface area (TPSA) is 12.9 Å². The lowest BCUT2D eigenvalue weighted by Crippen LogP contribution is -1.90. The molecule has 4 aromatic carbocycles. The SMILES string of the molecule is Cc1cc2ccccc2cc1-c1nccc2c1ccc1ccccc12. The molecule has 1 heteroatoms. The first-order valence-corrected chi connectivity index (χ1v) is 8.57. The number of nitrogens with zero attached hydrogens (tertiary/aromatic N) is 1. The highest BCUT2D eigenvalue weighted by Crippen LogP contribution is 2.34. The smallest absolute Gasteiger partial charge is 0.0783 e. The molecule has 0 saturated carbocycles. The first-order chi connectivity index (χ1) is 12.3. The van der Waals surface area contributed by atoms with Crippen LogP contribution in [0.3, 0.4) is 0 Å². The van der Waals surface area contributed by atoms with Crippen LogP contribution in [0.2, 0.25) is 0 Å². The molecule has 0 spiro atoms. The van der Waals surface area contributed by atoms with Crippen LogP contribution in [-0.4, -0.2) is 4.98 Å². The Morgan fingerprint density at radius 2 is 1.32 bits per heavy atom. The molecule has 1 nitrogen and oxygen atoms in total. The van der Waals surface area contributed by atoms with Crippen LogP contribution in [0.25, 0.3) is 43.6 Å². The molecule has 0 atom stereocenters. The Kier molecular flexibility index (Phi) is 3.07. The predicted octanol–water partition coefficient (Wildman–Crippen LogP) is 6.52. The van der Waals surface area contributed by atoms with Gasteiger partial charge in [0.2, 0.25) is 0 Å². The summed E-state index contributed by atoms with van der Waals surface area (Å²) in [7, 11) is 0. The van der Waals surface area contributed by atoms with Gasteiger partial charge in [0.05, 0.1) is 5.69 Å². The van der Waals surface area contributed by atoms with Crippen molar-refractivity contribution in [2.24, 2.45) is 0 Å². The molecule has 0 fully saturated rings. The predicted molar refractivity (Wildman–Crippen MR) is 107 cm³/mol. The fourth-order valence-corrected chi connectivity index (χ4v) is 3.76. The Bertz CT molecular complexity index is 1250. The van der Waals surface area contributed by atoms with Crippen LogP contribution in [-0.2, 0) is 0 Å². The molecule has 0 bridgehead atoms. The molecule has 0 unspecified atom stereocenters. The van der Waals surface area contributed by atoms with Gasteiger partial charge in [0.1, 0.15) is 0 Å². The van der Waals surface area contributed by atoms with Gasteiger partial charge in [-0.3, -0.25) is 4.98 Å². The van der Waals surface area contributed by atoms with Crippen molar-refractivity contribution >= 4 is 32.3 Å². The number of pyridine rings is 1. The van der Waals surface area contributed by atoms with Crippen LogP contribution < -0.4 is 0 Å². The maximum Gasteiger partial charge on any atom is 0.0783 e. The van der Waals surface area contributed by atoms with Crippen molar-refractivity contribution in [3.63, 3.8) is 0 Å². The van der Waals surface area contributed by atoms with Gasteiger partial charge in [-0.1, -0.05) is 66.7 Å². The minimum absolute atomic E-state index is 1.06. The molecule has 5 rings (SSSR count). The third-order valence-corrected chi connectivity index (χ3v) is 5.02. The fourth-order valence-electron chi connectivity index (χ4n) is 3.76. The summed E-state index contributed by atoms with van der Waals surface area (Å²) in [5.74, 6) is 0. The first-order valence-electron chi connectivity index (χ1n) is 8.57. The Labute approximate surface area is 146 Å². The van der Waals surface area contributed by atoms with Gasteiger partial charge >= 0.3 is 0 Å². The normalized spacial score (nSPS) is 11.4. The molecular weight excluding hydrogens is 302 g/mol. The number of fused-ring (bicyclic) bond motifs is 4. The highest BCUT2D eigenvalue weighted by Gasteiger charge is 2.11. The van der Waals surface area contributed by atoms with Crippen LogP contribution in [0.1, 0.15) is 5.56 Å². The second-order valence-corrected chi connectivity index (χ2v) is 6.56. The van der Waals surface area contributed by atoms with E-state index in [2.05, 4.69) is 85.8 Å². The first kappa shape index (κ1) is 14.2. The number of hydrogen-bond acceptors (Lipinski definition) is 1. The molecule has 0 amide bonds. The van der Waals surface area contributed by atoms with Crippen LogP contribution in [0.15, 0.2) is 85.1 Å². The number of benzene rings is 4. The zero-order chi connectivity index (χ0) is 16.8. The highest BCUT2D eigenvalue weighted by atomic mass is 14.7. The summed E-state index contributed by atoms with van der Waals surface area (Å²) in [5.41, 5.74) is 3.53. The van der Waals surface area contributed by atoms with Gasteiger partial charge in [-0.25, -0.2) is 0 Å². The lowest BCUT2D eigenvalue weighted by atomic mass is 9.95. The Morgan fingerprint density at radius 1 is 0.600 bits per heavy atom. The van der Waals surface area contributed by atoms with Gasteiger partial charge in [0.15, 0.2) is 0 Å². The number of hydrogen-bond donors (Lipinski definition) is 0. The summed E-state index contributed by atoms with van der Waals surface area (Å²) in [6.45, 7) is 2.17. The summed E-state index contributed by atoms with van der Waals surface area (Å²) in [6.07, 6.45) is 1.93. The zero-order valence-electron chi connectivity index (χ0n) is 14.0. The number of aromatic nitrogens is 1. The molecule has 1 heterocycles. The molecule has 0 radical (unpaired) electrons. The van der Waals surface area contributed by atoms with E-state index in [1.165, 1.54) is 43.4 Å². The number of aryl methyl sites for hydroxylation is 1. The molecule has 0 aliphatic carbocycles. The van der Waals surface area contributed by atoms with Crippen molar-refractivity contribution in [2.75, 3.05) is 0 Å². The van der Waals surface area contributed by atoms with Crippen molar-refractivity contribution in [1.82, 2.24) is 4.98 Å². The molecule has 0 aliphatic rings. The Hall–Kier alpha value is -3.19. The standard InChI is InChI=1S/C24H17N/c1-16-14-18-7-2-3-8-19(18)15-23(16)24-22-11-10-17-6-4-5-9-20(17)21(22)12-13-25-24/h2-15H,1H3. The lowest BCUT2D eigenvalue weighted by Gasteiger charge is -2.12. The summed E-state index contributed by atoms with van der Waals surface area (Å²) < 4.78 is 0. The van der Waals surface area contributed by atoms with Gasteiger partial charge in [-0.15, -0.1) is 0 Å². The molecule has 0 aliphatic heterocycles. The van der Waals surface area contributed by atoms with E-state index in [-0.39, 0.29) is 0 Å². The maximum absolute atomic E-state index is 4.75. The van der Waals surface area contributed by atoms with E-state index < -0.39 is 0 Å². The molecule has 1 aromatic heterocycles. The van der Waals surface area contributed by atoms with Crippen molar-refractivity contribution in [2.45, 2.75) is 6.92 Å². The van der Waals surface area contributed by atoms with E-state index in [4.69, 9.17) is 4.98 Å². The second kappa shape index (κ2) is 5.42. The molecular formula is C24H17N.